The third kappa shape index (κ3) is 2.22. The van der Waals surface area contributed by atoms with E-state index in [1.165, 1.54) is 0 Å². The topological polar surface area (TPSA) is 80.2 Å². The lowest BCUT2D eigenvalue weighted by molar-refractivity contribution is -0.110. The van der Waals surface area contributed by atoms with Gasteiger partial charge in [-0.1, -0.05) is 5.16 Å². The number of hydrogen-bond donors (Lipinski definition) is 2. The Bertz CT molecular complexity index is 431. The van der Waals surface area contributed by atoms with Crippen molar-refractivity contribution in [1.82, 2.24) is 0 Å². The maximum absolute atomic E-state index is 11.1. The number of oxime groups is 1. The number of rotatable bonds is 2. The van der Waals surface area contributed by atoms with E-state index in [4.69, 9.17) is 14.7 Å². The van der Waals surface area contributed by atoms with E-state index in [1.54, 1.807) is 18.2 Å². The molecule has 1 aliphatic heterocycles. The van der Waals surface area contributed by atoms with Gasteiger partial charge in [-0.05, 0) is 12.1 Å². The molecule has 0 saturated carbocycles. The van der Waals surface area contributed by atoms with Gasteiger partial charge in [0.1, 0.15) is 19.4 Å². The number of carbonyl (C=O) groups is 1. The van der Waals surface area contributed by atoms with Crippen molar-refractivity contribution in [1.29, 1.82) is 0 Å². The van der Waals surface area contributed by atoms with Crippen molar-refractivity contribution in [3.63, 3.8) is 0 Å². The van der Waals surface area contributed by atoms with E-state index >= 15 is 0 Å². The van der Waals surface area contributed by atoms with Crippen LogP contribution in [-0.2, 0) is 4.79 Å². The zero-order chi connectivity index (χ0) is 11.4. The van der Waals surface area contributed by atoms with Gasteiger partial charge in [-0.25, -0.2) is 0 Å². The fourth-order valence-electron chi connectivity index (χ4n) is 1.35. The van der Waals surface area contributed by atoms with E-state index in [2.05, 4.69) is 10.5 Å². The van der Waals surface area contributed by atoms with Gasteiger partial charge in [-0.2, -0.15) is 0 Å². The van der Waals surface area contributed by atoms with Crippen molar-refractivity contribution in [3.8, 4) is 11.5 Å². The molecule has 1 aliphatic rings. The lowest BCUT2D eigenvalue weighted by Gasteiger charge is -2.18. The second-order valence-electron chi connectivity index (χ2n) is 3.09. The van der Waals surface area contributed by atoms with Gasteiger partial charge in [0.05, 0.1) is 0 Å². The van der Waals surface area contributed by atoms with E-state index < -0.39 is 5.91 Å². The van der Waals surface area contributed by atoms with Crippen LogP contribution in [0, 0.1) is 0 Å². The van der Waals surface area contributed by atoms with Gasteiger partial charge in [0, 0.05) is 11.8 Å². The zero-order valence-electron chi connectivity index (χ0n) is 8.34. The maximum Gasteiger partial charge on any atom is 0.270 e. The van der Waals surface area contributed by atoms with Gasteiger partial charge in [-0.15, -0.1) is 0 Å². The molecule has 84 valence electrons. The summed E-state index contributed by atoms with van der Waals surface area (Å²) in [5, 5.41) is 13.3. The quantitative estimate of drug-likeness (QED) is 0.441. The van der Waals surface area contributed by atoms with Crippen LogP contribution in [0.4, 0.5) is 5.69 Å². The molecule has 6 nitrogen and oxygen atoms in total. The molecule has 0 spiro atoms. The lowest BCUT2D eigenvalue weighted by atomic mass is 10.2. The molecule has 1 amide bonds. The molecular weight excluding hydrogens is 212 g/mol. The van der Waals surface area contributed by atoms with Gasteiger partial charge in [0.15, 0.2) is 11.5 Å². The van der Waals surface area contributed by atoms with Crippen molar-refractivity contribution < 1.29 is 19.5 Å². The fourth-order valence-corrected chi connectivity index (χ4v) is 1.35. The van der Waals surface area contributed by atoms with Crippen molar-refractivity contribution in [2.75, 3.05) is 18.5 Å². The summed E-state index contributed by atoms with van der Waals surface area (Å²) in [7, 11) is 0. The van der Waals surface area contributed by atoms with E-state index in [0.717, 1.165) is 6.21 Å². The Morgan fingerprint density at radius 2 is 2.12 bits per heavy atom. The van der Waals surface area contributed by atoms with E-state index in [1.807, 2.05) is 0 Å². The first-order valence-electron chi connectivity index (χ1n) is 4.67. The average molecular weight is 222 g/mol. The Morgan fingerprint density at radius 3 is 2.88 bits per heavy atom. The summed E-state index contributed by atoms with van der Waals surface area (Å²) in [5.41, 5.74) is 0.550. The van der Waals surface area contributed by atoms with Crippen LogP contribution in [0.5, 0.6) is 11.5 Å². The molecule has 2 rings (SSSR count). The molecule has 0 bridgehead atoms. The Morgan fingerprint density at radius 1 is 1.38 bits per heavy atom. The highest BCUT2D eigenvalue weighted by atomic mass is 16.6. The molecule has 0 saturated heterocycles. The molecule has 16 heavy (non-hydrogen) atoms. The molecule has 0 unspecified atom stereocenters. The highest BCUT2D eigenvalue weighted by Crippen LogP contribution is 2.32. The number of nitrogens with one attached hydrogen (secondary N) is 1. The number of benzene rings is 1. The van der Waals surface area contributed by atoms with Crippen LogP contribution in [0.3, 0.4) is 0 Å². The molecule has 6 heteroatoms. The Kier molecular flexibility index (Phi) is 2.90. The van der Waals surface area contributed by atoms with Crippen LogP contribution in [-0.4, -0.2) is 30.5 Å². The van der Waals surface area contributed by atoms with Gasteiger partial charge in [0.2, 0.25) is 0 Å². The summed E-state index contributed by atoms with van der Waals surface area (Å²) in [5.74, 6) is 0.726. The third-order valence-electron chi connectivity index (χ3n) is 1.98. The number of ether oxygens (including phenoxy) is 2. The Labute approximate surface area is 91.5 Å². The highest BCUT2D eigenvalue weighted by molar-refractivity contribution is 6.31. The SMILES string of the molecule is O=C(/C=N/O)Nc1ccc2c(c1)OCCO2. The summed E-state index contributed by atoms with van der Waals surface area (Å²) < 4.78 is 10.7. The van der Waals surface area contributed by atoms with Crippen LogP contribution >= 0.6 is 0 Å². The first-order chi connectivity index (χ1) is 7.79. The summed E-state index contributed by atoms with van der Waals surface area (Å²) in [6.07, 6.45) is 0.775. The lowest BCUT2D eigenvalue weighted by Crippen LogP contribution is -2.16. The van der Waals surface area contributed by atoms with Gasteiger partial charge < -0.3 is 20.0 Å². The normalized spacial score (nSPS) is 13.8. The van der Waals surface area contributed by atoms with E-state index in [-0.39, 0.29) is 0 Å². The van der Waals surface area contributed by atoms with Crippen LogP contribution in [0.15, 0.2) is 23.4 Å². The predicted octanol–water partition coefficient (Wildman–Crippen LogP) is 0.856. The number of carbonyl (C=O) groups excluding carboxylic acids is 1. The number of nitrogens with zero attached hydrogens (tertiary/aromatic N) is 1. The second-order valence-corrected chi connectivity index (χ2v) is 3.09. The fraction of sp³-hybridized carbons (Fsp3) is 0.200. The third-order valence-corrected chi connectivity index (χ3v) is 1.98. The van der Waals surface area contributed by atoms with Crippen molar-refractivity contribution in [2.24, 2.45) is 5.16 Å². The predicted molar refractivity (Wildman–Crippen MR) is 56.3 cm³/mol. The molecule has 1 heterocycles. The molecule has 0 aromatic heterocycles. The molecule has 0 fully saturated rings. The van der Waals surface area contributed by atoms with Crippen molar-refractivity contribution >= 4 is 17.8 Å². The van der Waals surface area contributed by atoms with E-state index in [0.29, 0.717) is 30.4 Å². The zero-order valence-corrected chi connectivity index (χ0v) is 8.34. The smallest absolute Gasteiger partial charge is 0.270 e. The number of amides is 1. The average Bonchev–Trinajstić information content (AvgIpc) is 2.29. The maximum atomic E-state index is 11.1. The van der Waals surface area contributed by atoms with Crippen LogP contribution in [0.2, 0.25) is 0 Å². The summed E-state index contributed by atoms with van der Waals surface area (Å²) in [6, 6.07) is 5.04. The van der Waals surface area contributed by atoms with Gasteiger partial charge in [0.25, 0.3) is 5.91 Å². The molecule has 0 radical (unpaired) electrons. The first-order valence-corrected chi connectivity index (χ1v) is 4.67. The second kappa shape index (κ2) is 4.52. The van der Waals surface area contributed by atoms with Crippen LogP contribution in [0.1, 0.15) is 0 Å². The van der Waals surface area contributed by atoms with Crippen LogP contribution < -0.4 is 14.8 Å². The summed E-state index contributed by atoms with van der Waals surface area (Å²) in [6.45, 7) is 1.01. The van der Waals surface area contributed by atoms with Crippen molar-refractivity contribution in [2.45, 2.75) is 0 Å². The van der Waals surface area contributed by atoms with Crippen molar-refractivity contribution in [3.05, 3.63) is 18.2 Å². The molecule has 1 aromatic rings. The number of anilines is 1. The Hall–Kier alpha value is -2.24. The minimum absolute atomic E-state index is 0.489. The first kappa shape index (κ1) is 10.3. The van der Waals surface area contributed by atoms with Gasteiger partial charge in [-0.3, -0.25) is 4.79 Å². The largest absolute Gasteiger partial charge is 0.486 e. The number of hydrogen-bond acceptors (Lipinski definition) is 5. The molecule has 0 aliphatic carbocycles. The summed E-state index contributed by atoms with van der Waals surface area (Å²) >= 11 is 0. The van der Waals surface area contributed by atoms with Gasteiger partial charge >= 0.3 is 0 Å². The minimum atomic E-state index is -0.515. The summed E-state index contributed by atoms with van der Waals surface area (Å²) in [4.78, 5) is 11.1. The monoisotopic (exact) mass is 222 g/mol. The molecule has 2 N–H and O–H groups in total. The number of fused-ring (bicyclic) bond motifs is 1. The molecular formula is C10H10N2O4. The van der Waals surface area contributed by atoms with E-state index in [9.17, 15) is 4.79 Å². The highest BCUT2D eigenvalue weighted by Gasteiger charge is 2.12. The van der Waals surface area contributed by atoms with Crippen LogP contribution in [0.25, 0.3) is 0 Å². The molecule has 0 atom stereocenters. The minimum Gasteiger partial charge on any atom is -0.486 e. The molecule has 1 aromatic carbocycles. The Balaban J connectivity index is 2.14. The standard InChI is InChI=1S/C10H10N2O4/c13-10(6-11-14)12-7-1-2-8-9(5-7)16-4-3-15-8/h1-2,5-6,14H,3-4H2,(H,12,13)/b11-6+.